The standard InChI is InChI=1S/C16H23F3N4O/c17-16(18,19)12-4-3-6-22(9-12)14-8-15(21-11-20-14)23-7-2-1-5-13(23)10-24/h8,11-13,24H,1-7,9-10H2/t12-,13+/m1/s1. The summed E-state index contributed by atoms with van der Waals surface area (Å²) in [4.78, 5) is 12.2. The van der Waals surface area contributed by atoms with Crippen LogP contribution < -0.4 is 9.80 Å². The number of hydrogen-bond donors (Lipinski definition) is 1. The number of nitrogens with zero attached hydrogens (tertiary/aromatic N) is 4. The van der Waals surface area contributed by atoms with Gasteiger partial charge in [0.1, 0.15) is 18.0 Å². The van der Waals surface area contributed by atoms with E-state index >= 15 is 0 Å². The van der Waals surface area contributed by atoms with E-state index < -0.39 is 12.1 Å². The summed E-state index contributed by atoms with van der Waals surface area (Å²) in [6.45, 7) is 1.38. The summed E-state index contributed by atoms with van der Waals surface area (Å²) < 4.78 is 39.0. The molecular weight excluding hydrogens is 321 g/mol. The molecule has 1 aromatic heterocycles. The first-order chi connectivity index (χ1) is 11.5. The second-order valence-corrected chi connectivity index (χ2v) is 6.59. The van der Waals surface area contributed by atoms with Gasteiger partial charge in [0, 0.05) is 25.7 Å². The second-order valence-electron chi connectivity index (χ2n) is 6.59. The average Bonchev–Trinajstić information content (AvgIpc) is 2.61. The molecule has 0 amide bonds. The van der Waals surface area contributed by atoms with Gasteiger partial charge in [0.25, 0.3) is 0 Å². The van der Waals surface area contributed by atoms with Crippen molar-refractivity contribution in [1.82, 2.24) is 9.97 Å². The lowest BCUT2D eigenvalue weighted by molar-refractivity contribution is -0.176. The zero-order valence-corrected chi connectivity index (χ0v) is 13.5. The summed E-state index contributed by atoms with van der Waals surface area (Å²) in [6, 6.07) is 1.78. The number of anilines is 2. The Hall–Kier alpha value is -1.57. The van der Waals surface area contributed by atoms with Crippen LogP contribution in [0.2, 0.25) is 0 Å². The molecule has 8 heteroatoms. The van der Waals surface area contributed by atoms with E-state index in [-0.39, 0.29) is 25.6 Å². The molecule has 0 aromatic carbocycles. The van der Waals surface area contributed by atoms with Gasteiger partial charge in [-0.3, -0.25) is 0 Å². The molecule has 2 saturated heterocycles. The van der Waals surface area contributed by atoms with Crippen molar-refractivity contribution in [2.45, 2.75) is 44.3 Å². The molecule has 0 radical (unpaired) electrons. The highest BCUT2D eigenvalue weighted by molar-refractivity contribution is 5.51. The zero-order chi connectivity index (χ0) is 17.2. The summed E-state index contributed by atoms with van der Waals surface area (Å²) in [6.07, 6.45) is 0.919. The lowest BCUT2D eigenvalue weighted by Gasteiger charge is -2.37. The van der Waals surface area contributed by atoms with Gasteiger partial charge >= 0.3 is 6.18 Å². The molecule has 134 valence electrons. The van der Waals surface area contributed by atoms with Crippen molar-refractivity contribution >= 4 is 11.6 Å². The molecule has 24 heavy (non-hydrogen) atoms. The van der Waals surface area contributed by atoms with Crippen LogP contribution in [0.15, 0.2) is 12.4 Å². The van der Waals surface area contributed by atoms with Crippen LogP contribution in [0.4, 0.5) is 24.8 Å². The molecule has 0 unspecified atom stereocenters. The Morgan fingerprint density at radius 1 is 1.08 bits per heavy atom. The van der Waals surface area contributed by atoms with Crippen LogP contribution in [0.25, 0.3) is 0 Å². The Bertz CT molecular complexity index is 554. The number of rotatable bonds is 3. The third-order valence-electron chi connectivity index (χ3n) is 4.98. The van der Waals surface area contributed by atoms with E-state index in [1.54, 1.807) is 11.0 Å². The summed E-state index contributed by atoms with van der Waals surface area (Å²) in [5.74, 6) is -0.0751. The van der Waals surface area contributed by atoms with Crippen molar-refractivity contribution in [2.75, 3.05) is 36.0 Å². The van der Waals surface area contributed by atoms with Crippen molar-refractivity contribution in [3.05, 3.63) is 12.4 Å². The number of piperidine rings is 2. The minimum atomic E-state index is -4.16. The van der Waals surface area contributed by atoms with E-state index in [4.69, 9.17) is 0 Å². The van der Waals surface area contributed by atoms with E-state index in [0.717, 1.165) is 25.8 Å². The summed E-state index contributed by atoms with van der Waals surface area (Å²) >= 11 is 0. The van der Waals surface area contributed by atoms with Crippen molar-refractivity contribution < 1.29 is 18.3 Å². The Labute approximate surface area is 139 Å². The number of hydrogen-bond acceptors (Lipinski definition) is 5. The summed E-state index contributed by atoms with van der Waals surface area (Å²) in [5.41, 5.74) is 0. The fourth-order valence-corrected chi connectivity index (χ4v) is 3.61. The van der Waals surface area contributed by atoms with Crippen LogP contribution in [-0.2, 0) is 0 Å². The van der Waals surface area contributed by atoms with Gasteiger partial charge in [0.05, 0.1) is 18.6 Å². The lowest BCUT2D eigenvalue weighted by atomic mass is 9.97. The monoisotopic (exact) mass is 344 g/mol. The van der Waals surface area contributed by atoms with Gasteiger partial charge in [-0.2, -0.15) is 13.2 Å². The first-order valence-electron chi connectivity index (χ1n) is 8.50. The molecule has 3 heterocycles. The van der Waals surface area contributed by atoms with Gasteiger partial charge in [-0.05, 0) is 32.1 Å². The van der Waals surface area contributed by atoms with Crippen molar-refractivity contribution in [3.8, 4) is 0 Å². The first kappa shape index (κ1) is 17.3. The van der Waals surface area contributed by atoms with E-state index in [0.29, 0.717) is 24.6 Å². The van der Waals surface area contributed by atoms with Crippen molar-refractivity contribution in [3.63, 3.8) is 0 Å². The average molecular weight is 344 g/mol. The second kappa shape index (κ2) is 7.13. The summed E-state index contributed by atoms with van der Waals surface area (Å²) in [5, 5.41) is 9.54. The quantitative estimate of drug-likeness (QED) is 0.913. The van der Waals surface area contributed by atoms with Crippen molar-refractivity contribution in [2.24, 2.45) is 5.92 Å². The van der Waals surface area contributed by atoms with Gasteiger partial charge in [0.15, 0.2) is 0 Å². The molecule has 3 rings (SSSR count). The van der Waals surface area contributed by atoms with E-state index in [2.05, 4.69) is 9.97 Å². The maximum Gasteiger partial charge on any atom is 0.393 e. The maximum atomic E-state index is 13.0. The number of aliphatic hydroxyl groups excluding tert-OH is 1. The number of alkyl halides is 3. The fourth-order valence-electron chi connectivity index (χ4n) is 3.61. The highest BCUT2D eigenvalue weighted by Crippen LogP contribution is 2.35. The first-order valence-corrected chi connectivity index (χ1v) is 8.50. The maximum absolute atomic E-state index is 13.0. The Morgan fingerprint density at radius 2 is 1.88 bits per heavy atom. The fraction of sp³-hybridized carbons (Fsp3) is 0.750. The SMILES string of the molecule is OC[C@@H]1CCCCN1c1cc(N2CCC[C@@H](C(F)(F)F)C2)ncn1. The highest BCUT2D eigenvalue weighted by atomic mass is 19.4. The van der Waals surface area contributed by atoms with Gasteiger partial charge < -0.3 is 14.9 Å². The number of aliphatic hydroxyl groups is 1. The van der Waals surface area contributed by atoms with Crippen LogP contribution >= 0.6 is 0 Å². The van der Waals surface area contributed by atoms with E-state index in [9.17, 15) is 18.3 Å². The van der Waals surface area contributed by atoms with Gasteiger partial charge in [0.2, 0.25) is 0 Å². The molecule has 2 aliphatic rings. The molecule has 0 aliphatic carbocycles. The number of halogens is 3. The molecule has 0 saturated carbocycles. The van der Waals surface area contributed by atoms with Crippen LogP contribution in [0.5, 0.6) is 0 Å². The lowest BCUT2D eigenvalue weighted by Crippen LogP contribution is -2.43. The molecule has 5 nitrogen and oxygen atoms in total. The minimum absolute atomic E-state index is 0.0192. The van der Waals surface area contributed by atoms with E-state index in [1.807, 2.05) is 4.90 Å². The molecule has 0 bridgehead atoms. The molecule has 0 spiro atoms. The van der Waals surface area contributed by atoms with Gasteiger partial charge in [-0.1, -0.05) is 0 Å². The van der Waals surface area contributed by atoms with Crippen LogP contribution in [0.3, 0.4) is 0 Å². The molecule has 1 aromatic rings. The molecule has 2 aliphatic heterocycles. The summed E-state index contributed by atoms with van der Waals surface area (Å²) in [7, 11) is 0. The normalized spacial score (nSPS) is 25.8. The van der Waals surface area contributed by atoms with E-state index in [1.165, 1.54) is 6.33 Å². The predicted molar refractivity (Wildman–Crippen MR) is 85.1 cm³/mol. The Morgan fingerprint density at radius 3 is 2.62 bits per heavy atom. The number of aromatic nitrogens is 2. The largest absolute Gasteiger partial charge is 0.394 e. The third kappa shape index (κ3) is 3.74. The van der Waals surface area contributed by atoms with Crippen LogP contribution in [0.1, 0.15) is 32.1 Å². The molecule has 2 fully saturated rings. The third-order valence-corrected chi connectivity index (χ3v) is 4.98. The minimum Gasteiger partial charge on any atom is -0.394 e. The van der Waals surface area contributed by atoms with Gasteiger partial charge in [-0.15, -0.1) is 0 Å². The Kier molecular flexibility index (Phi) is 5.12. The predicted octanol–water partition coefficient (Wildman–Crippen LogP) is 2.61. The van der Waals surface area contributed by atoms with Crippen molar-refractivity contribution in [1.29, 1.82) is 0 Å². The molecular formula is C16H23F3N4O. The van der Waals surface area contributed by atoms with Crippen LogP contribution in [-0.4, -0.2) is 53.5 Å². The topological polar surface area (TPSA) is 52.5 Å². The highest BCUT2D eigenvalue weighted by Gasteiger charge is 2.42. The van der Waals surface area contributed by atoms with Gasteiger partial charge in [-0.25, -0.2) is 9.97 Å². The molecule has 2 atom stereocenters. The zero-order valence-electron chi connectivity index (χ0n) is 13.5. The Balaban J connectivity index is 1.77. The molecule has 1 N–H and O–H groups in total. The van der Waals surface area contributed by atoms with Crippen LogP contribution in [0, 0.1) is 5.92 Å². The smallest absolute Gasteiger partial charge is 0.393 e.